The largest absolute Gasteiger partial charge is 0.458 e. The fraction of sp³-hybridized carbons (Fsp3) is 0.211. The monoisotopic (exact) mass is 460 g/mol. The Morgan fingerprint density at radius 2 is 2.08 bits per heavy atom. The number of benzene rings is 1. The minimum Gasteiger partial charge on any atom is -0.458 e. The fourth-order valence-electron chi connectivity index (χ4n) is 3.72. The maximum Gasteiger partial charge on any atom is 0.344 e. The number of alkyl halides is 1. The number of carbonyl (C=O) groups is 1. The average molecular weight is 460 g/mol. The van der Waals surface area contributed by atoms with Crippen LogP contribution >= 0.6 is 22.6 Å². The third-order valence-corrected chi connectivity index (χ3v) is 6.20. The second kappa shape index (κ2) is 5.37. The number of aliphatic hydroxyl groups is 1. The first-order valence-corrected chi connectivity index (χ1v) is 9.67. The fourth-order valence-corrected chi connectivity index (χ4v) is 4.44. The molecule has 0 saturated heterocycles. The Balaban J connectivity index is 1.81. The molecule has 0 radical (unpaired) electrons. The molecular weight excluding hydrogens is 447 g/mol. The Bertz CT molecular complexity index is 1170. The predicted octanol–water partition coefficient (Wildman–Crippen LogP) is 2.10. The van der Waals surface area contributed by atoms with Gasteiger partial charge in [-0.3, -0.25) is 4.79 Å². The summed E-state index contributed by atoms with van der Waals surface area (Å²) in [5, 5.41) is 11.8. The van der Waals surface area contributed by atoms with E-state index in [1.807, 2.05) is 52.9 Å². The zero-order chi connectivity index (χ0) is 18.1. The highest BCUT2D eigenvalue weighted by Gasteiger charge is 2.46. The number of hydrogen-bond acceptors (Lipinski definition) is 5. The second-order valence-electron chi connectivity index (χ2n) is 6.57. The molecule has 2 aliphatic heterocycles. The van der Waals surface area contributed by atoms with Crippen molar-refractivity contribution < 1.29 is 14.6 Å². The maximum atomic E-state index is 13.0. The Morgan fingerprint density at radius 1 is 1.27 bits per heavy atom. The first-order valence-electron chi connectivity index (χ1n) is 8.15. The standard InChI is InChI=1S/C19H13IN2O4/c20-9-19(25)13-6-15-16-11(5-10-3-1-2-4-14(10)21-16)7-22(15)17(23)12(13)8-26-18(19)24/h1-6,25H,7-9H2/t19-/m0/s1. The summed E-state index contributed by atoms with van der Waals surface area (Å²) in [6.07, 6.45) is 0. The number of nitrogens with zero attached hydrogens (tertiary/aromatic N) is 2. The molecule has 2 aromatic heterocycles. The predicted molar refractivity (Wildman–Crippen MR) is 103 cm³/mol. The molecule has 6 nitrogen and oxygen atoms in total. The van der Waals surface area contributed by atoms with Gasteiger partial charge in [-0.2, -0.15) is 0 Å². The number of halogens is 1. The Morgan fingerprint density at radius 3 is 2.88 bits per heavy atom. The summed E-state index contributed by atoms with van der Waals surface area (Å²) in [5.74, 6) is -0.714. The van der Waals surface area contributed by atoms with Crippen molar-refractivity contribution in [3.8, 4) is 11.4 Å². The SMILES string of the molecule is O=C1OCc2c(cc3n(c2=O)Cc2cc4ccccc4nc2-3)[C@@]1(O)CI. The summed E-state index contributed by atoms with van der Waals surface area (Å²) in [6.45, 7) is 0.309. The quantitative estimate of drug-likeness (QED) is 0.268. The number of cyclic esters (lactones) is 1. The molecule has 2 aliphatic rings. The number of fused-ring (bicyclic) bond motifs is 5. The number of carbonyl (C=O) groups excluding carboxylic acids is 1. The van der Waals surface area contributed by atoms with Crippen LogP contribution in [0.3, 0.4) is 0 Å². The van der Waals surface area contributed by atoms with E-state index < -0.39 is 11.6 Å². The van der Waals surface area contributed by atoms with Crippen molar-refractivity contribution in [1.82, 2.24) is 9.55 Å². The number of hydrogen-bond donors (Lipinski definition) is 1. The van der Waals surface area contributed by atoms with Gasteiger partial charge in [0.2, 0.25) is 0 Å². The smallest absolute Gasteiger partial charge is 0.344 e. The lowest BCUT2D eigenvalue weighted by atomic mass is 9.90. The van der Waals surface area contributed by atoms with Gasteiger partial charge < -0.3 is 14.4 Å². The topological polar surface area (TPSA) is 81.4 Å². The summed E-state index contributed by atoms with van der Waals surface area (Å²) in [6, 6.07) is 11.5. The average Bonchev–Trinajstić information content (AvgIpc) is 3.01. The number of para-hydroxylation sites is 1. The van der Waals surface area contributed by atoms with Gasteiger partial charge in [-0.05, 0) is 18.2 Å². The highest BCUT2D eigenvalue weighted by atomic mass is 127. The number of pyridine rings is 2. The van der Waals surface area contributed by atoms with Gasteiger partial charge in [0.1, 0.15) is 6.61 Å². The van der Waals surface area contributed by atoms with Crippen LogP contribution in [-0.4, -0.2) is 25.1 Å². The molecule has 5 rings (SSSR count). The van der Waals surface area contributed by atoms with E-state index in [0.717, 1.165) is 22.2 Å². The lowest BCUT2D eigenvalue weighted by molar-refractivity contribution is -0.168. The molecule has 1 aromatic carbocycles. The highest BCUT2D eigenvalue weighted by molar-refractivity contribution is 14.1. The summed E-state index contributed by atoms with van der Waals surface area (Å²) < 4.78 is 6.82. The normalized spacial score (nSPS) is 20.5. The first-order chi connectivity index (χ1) is 12.5. The van der Waals surface area contributed by atoms with Gasteiger partial charge in [0.25, 0.3) is 5.56 Å². The van der Waals surface area contributed by atoms with Crippen LogP contribution in [0.2, 0.25) is 0 Å². The van der Waals surface area contributed by atoms with Crippen molar-refractivity contribution in [2.45, 2.75) is 18.8 Å². The molecule has 7 heteroatoms. The molecule has 1 atom stereocenters. The van der Waals surface area contributed by atoms with Crippen LogP contribution in [0.5, 0.6) is 0 Å². The molecule has 0 spiro atoms. The van der Waals surface area contributed by atoms with Crippen LogP contribution in [0.15, 0.2) is 41.2 Å². The van der Waals surface area contributed by atoms with Gasteiger partial charge in [-0.25, -0.2) is 9.78 Å². The van der Waals surface area contributed by atoms with Crippen molar-refractivity contribution in [1.29, 1.82) is 0 Å². The lowest BCUT2D eigenvalue weighted by Gasteiger charge is -2.31. The van der Waals surface area contributed by atoms with E-state index in [4.69, 9.17) is 9.72 Å². The van der Waals surface area contributed by atoms with Crippen LogP contribution < -0.4 is 5.56 Å². The van der Waals surface area contributed by atoms with E-state index in [9.17, 15) is 14.7 Å². The van der Waals surface area contributed by atoms with E-state index in [2.05, 4.69) is 0 Å². The first kappa shape index (κ1) is 16.0. The molecular formula is C19H13IN2O4. The Hall–Kier alpha value is -2.26. The molecule has 4 heterocycles. The molecule has 0 unspecified atom stereocenters. The van der Waals surface area contributed by atoms with E-state index in [1.165, 1.54) is 0 Å². The summed E-state index contributed by atoms with van der Waals surface area (Å²) in [5.41, 5.74) is 1.78. The number of rotatable bonds is 1. The second-order valence-corrected chi connectivity index (χ2v) is 7.33. The van der Waals surface area contributed by atoms with Crippen LogP contribution in [-0.2, 0) is 28.3 Å². The molecule has 0 aliphatic carbocycles. The molecule has 0 bridgehead atoms. The zero-order valence-electron chi connectivity index (χ0n) is 13.5. The highest BCUT2D eigenvalue weighted by Crippen LogP contribution is 2.37. The number of ether oxygens (including phenoxy) is 1. The van der Waals surface area contributed by atoms with Gasteiger partial charge in [-0.15, -0.1) is 0 Å². The van der Waals surface area contributed by atoms with Crippen molar-refractivity contribution >= 4 is 39.5 Å². The lowest BCUT2D eigenvalue weighted by Crippen LogP contribution is -2.46. The molecule has 1 N–H and O–H groups in total. The summed E-state index contributed by atoms with van der Waals surface area (Å²) in [7, 11) is 0. The van der Waals surface area contributed by atoms with Crippen molar-refractivity contribution in [2.75, 3.05) is 4.43 Å². The van der Waals surface area contributed by atoms with Crippen LogP contribution in [0.1, 0.15) is 16.7 Å². The van der Waals surface area contributed by atoms with Crippen molar-refractivity contribution in [3.63, 3.8) is 0 Å². The Kier molecular flexibility index (Phi) is 3.29. The van der Waals surface area contributed by atoms with Crippen LogP contribution in [0.25, 0.3) is 22.3 Å². The van der Waals surface area contributed by atoms with Gasteiger partial charge >= 0.3 is 5.97 Å². The van der Waals surface area contributed by atoms with Crippen molar-refractivity contribution in [3.05, 3.63) is 63.4 Å². The van der Waals surface area contributed by atoms with Crippen LogP contribution in [0, 0.1) is 0 Å². The summed E-state index contributed by atoms with van der Waals surface area (Å²) in [4.78, 5) is 29.9. The molecule has 0 saturated carbocycles. The molecule has 130 valence electrons. The van der Waals surface area contributed by atoms with E-state index in [1.54, 1.807) is 10.6 Å². The third kappa shape index (κ3) is 1.98. The van der Waals surface area contributed by atoms with Crippen molar-refractivity contribution in [2.24, 2.45) is 0 Å². The molecule has 26 heavy (non-hydrogen) atoms. The molecule has 0 fully saturated rings. The zero-order valence-corrected chi connectivity index (χ0v) is 15.7. The van der Waals surface area contributed by atoms with Gasteiger partial charge in [0.05, 0.1) is 29.0 Å². The van der Waals surface area contributed by atoms with Gasteiger partial charge in [0.15, 0.2) is 5.60 Å². The van der Waals surface area contributed by atoms with E-state index >= 15 is 0 Å². The maximum absolute atomic E-state index is 13.0. The minimum atomic E-state index is -1.80. The van der Waals surface area contributed by atoms with Crippen LogP contribution in [0.4, 0.5) is 0 Å². The summed E-state index contributed by atoms with van der Waals surface area (Å²) >= 11 is 1.93. The van der Waals surface area contributed by atoms with E-state index in [0.29, 0.717) is 23.4 Å². The van der Waals surface area contributed by atoms with Gasteiger partial charge in [-0.1, -0.05) is 40.8 Å². The number of esters is 1. The minimum absolute atomic E-state index is 0.109. The third-order valence-electron chi connectivity index (χ3n) is 5.10. The van der Waals surface area contributed by atoms with Gasteiger partial charge in [0, 0.05) is 20.9 Å². The number of aromatic nitrogens is 2. The van der Waals surface area contributed by atoms with E-state index in [-0.39, 0.29) is 16.6 Å². The Labute approximate surface area is 161 Å². The molecule has 0 amide bonds. The molecule has 3 aromatic rings.